The molecule has 2 aromatic rings. The second-order valence-corrected chi connectivity index (χ2v) is 6.71. The summed E-state index contributed by atoms with van der Waals surface area (Å²) in [5, 5.41) is 23.1. The van der Waals surface area contributed by atoms with Gasteiger partial charge in [-0.25, -0.2) is 0 Å². The second kappa shape index (κ2) is 6.24. The maximum atomic E-state index is 12.5. The van der Waals surface area contributed by atoms with Crippen LogP contribution in [0, 0.1) is 5.92 Å². The van der Waals surface area contributed by atoms with Crippen molar-refractivity contribution < 1.29 is 24.0 Å². The average Bonchev–Trinajstić information content (AvgIpc) is 3.29. The van der Waals surface area contributed by atoms with Crippen LogP contribution in [0.1, 0.15) is 24.8 Å². The highest BCUT2D eigenvalue weighted by Crippen LogP contribution is 2.38. The minimum absolute atomic E-state index is 0.0266. The van der Waals surface area contributed by atoms with Gasteiger partial charge in [-0.05, 0) is 37.3 Å². The van der Waals surface area contributed by atoms with Crippen molar-refractivity contribution in [1.82, 2.24) is 5.32 Å². The Hall–Kier alpha value is -1.83. The molecular formula is C17H20BNO5. The fraction of sp³-hybridized carbons (Fsp3) is 0.471. The van der Waals surface area contributed by atoms with Crippen LogP contribution in [0.2, 0.25) is 0 Å². The Kier molecular flexibility index (Phi) is 4.08. The van der Waals surface area contributed by atoms with E-state index in [9.17, 15) is 14.8 Å². The first-order valence-corrected chi connectivity index (χ1v) is 8.39. The van der Waals surface area contributed by atoms with E-state index in [-0.39, 0.29) is 24.0 Å². The number of para-hydroxylation sites is 1. The highest BCUT2D eigenvalue weighted by atomic mass is 16.5. The van der Waals surface area contributed by atoms with Crippen molar-refractivity contribution in [2.45, 2.75) is 43.8 Å². The molecule has 1 unspecified atom stereocenters. The zero-order chi connectivity index (χ0) is 16.7. The summed E-state index contributed by atoms with van der Waals surface area (Å²) in [6.07, 6.45) is 4.69. The molecule has 0 radical (unpaired) electrons. The molecule has 1 amide bonds. The molecule has 2 fully saturated rings. The van der Waals surface area contributed by atoms with Gasteiger partial charge in [-0.2, -0.15) is 0 Å². The van der Waals surface area contributed by atoms with Gasteiger partial charge in [0.15, 0.2) is 0 Å². The first-order chi connectivity index (χ1) is 11.6. The number of hydrogen-bond acceptors (Lipinski definition) is 5. The number of benzene rings is 1. The minimum Gasteiger partial charge on any atom is -0.464 e. The zero-order valence-corrected chi connectivity index (χ0v) is 13.2. The lowest BCUT2D eigenvalue weighted by Crippen LogP contribution is -2.50. The predicted molar refractivity (Wildman–Crippen MR) is 88.0 cm³/mol. The first-order valence-electron chi connectivity index (χ1n) is 8.39. The predicted octanol–water partition coefficient (Wildman–Crippen LogP) is 1.04. The van der Waals surface area contributed by atoms with Gasteiger partial charge in [-0.3, -0.25) is 4.79 Å². The lowest BCUT2D eigenvalue weighted by Gasteiger charge is -2.23. The maximum Gasteiger partial charge on any atom is 0.475 e. The number of furan rings is 1. The van der Waals surface area contributed by atoms with Crippen LogP contribution in [0.3, 0.4) is 0 Å². The Labute approximate surface area is 139 Å². The van der Waals surface area contributed by atoms with Crippen molar-refractivity contribution in [3.63, 3.8) is 0 Å². The summed E-state index contributed by atoms with van der Waals surface area (Å²) < 4.78 is 11.2. The van der Waals surface area contributed by atoms with Gasteiger partial charge in [0.25, 0.3) is 0 Å². The van der Waals surface area contributed by atoms with Crippen LogP contribution in [-0.2, 0) is 16.0 Å². The van der Waals surface area contributed by atoms with E-state index in [0.717, 1.165) is 35.8 Å². The molecule has 1 aromatic carbocycles. The molecule has 7 heteroatoms. The van der Waals surface area contributed by atoms with Crippen LogP contribution in [-0.4, -0.2) is 41.2 Å². The lowest BCUT2D eigenvalue weighted by molar-refractivity contribution is -0.126. The topological polar surface area (TPSA) is 91.9 Å². The third-order valence-corrected chi connectivity index (χ3v) is 5.13. The summed E-state index contributed by atoms with van der Waals surface area (Å²) in [5.41, 5.74) is 1.58. The van der Waals surface area contributed by atoms with Crippen molar-refractivity contribution in [1.29, 1.82) is 0 Å². The maximum absolute atomic E-state index is 12.5. The summed E-state index contributed by atoms with van der Waals surface area (Å²) in [6, 6.07) is 7.55. The molecule has 2 aliphatic rings. The number of hydrogen-bond donors (Lipinski definition) is 3. The molecule has 3 N–H and O–H groups in total. The van der Waals surface area contributed by atoms with E-state index in [2.05, 4.69) is 5.32 Å². The number of rotatable bonds is 5. The summed E-state index contributed by atoms with van der Waals surface area (Å²) in [7, 11) is -1.64. The van der Waals surface area contributed by atoms with Crippen LogP contribution in [0.15, 0.2) is 34.9 Å². The Bertz CT molecular complexity index is 745. The Balaban J connectivity index is 1.47. The van der Waals surface area contributed by atoms with Crippen molar-refractivity contribution in [3.8, 4) is 0 Å². The molecule has 2 saturated heterocycles. The summed E-state index contributed by atoms with van der Waals surface area (Å²) in [4.78, 5) is 12.5. The SMILES string of the molecule is O=C(NC(Cc1coc2ccccc12)B(O)O)[C@@H]1C[C@H]2CC[C@@H]1O2. The van der Waals surface area contributed by atoms with Gasteiger partial charge in [-0.1, -0.05) is 18.2 Å². The second-order valence-electron chi connectivity index (χ2n) is 6.71. The summed E-state index contributed by atoms with van der Waals surface area (Å²) in [5.74, 6) is -1.13. The van der Waals surface area contributed by atoms with Gasteiger partial charge in [0.05, 0.1) is 30.3 Å². The molecule has 4 rings (SSSR count). The van der Waals surface area contributed by atoms with E-state index in [4.69, 9.17) is 9.15 Å². The fourth-order valence-corrected chi connectivity index (χ4v) is 3.86. The van der Waals surface area contributed by atoms with Gasteiger partial charge in [0, 0.05) is 5.39 Å². The van der Waals surface area contributed by atoms with Crippen LogP contribution >= 0.6 is 0 Å². The lowest BCUT2D eigenvalue weighted by atomic mass is 9.75. The monoisotopic (exact) mass is 329 g/mol. The average molecular weight is 329 g/mol. The molecule has 4 atom stereocenters. The van der Waals surface area contributed by atoms with Crippen molar-refractivity contribution in [2.75, 3.05) is 0 Å². The largest absolute Gasteiger partial charge is 0.475 e. The van der Waals surface area contributed by atoms with E-state index in [0.29, 0.717) is 6.42 Å². The van der Waals surface area contributed by atoms with Crippen LogP contribution in [0.25, 0.3) is 11.0 Å². The van der Waals surface area contributed by atoms with E-state index in [1.54, 1.807) is 6.26 Å². The van der Waals surface area contributed by atoms with Crippen LogP contribution in [0.4, 0.5) is 0 Å². The highest BCUT2D eigenvalue weighted by molar-refractivity contribution is 6.43. The molecule has 0 saturated carbocycles. The standard InChI is InChI=1S/C17H20BNO5/c20-17(13-8-11-5-6-15(13)24-11)19-16(18(21)22)7-10-9-23-14-4-2-1-3-12(10)14/h1-4,9,11,13,15-16,21-22H,5-8H2,(H,19,20)/t11-,13-,15+,16?/m1/s1. The van der Waals surface area contributed by atoms with E-state index in [1.807, 2.05) is 24.3 Å². The van der Waals surface area contributed by atoms with Crippen LogP contribution in [0.5, 0.6) is 0 Å². The minimum atomic E-state index is -1.64. The zero-order valence-electron chi connectivity index (χ0n) is 13.2. The number of ether oxygens (including phenoxy) is 1. The number of amides is 1. The van der Waals surface area contributed by atoms with Crippen molar-refractivity contribution >= 4 is 24.0 Å². The molecule has 0 aliphatic carbocycles. The molecule has 126 valence electrons. The molecule has 2 aliphatic heterocycles. The third-order valence-electron chi connectivity index (χ3n) is 5.13. The van der Waals surface area contributed by atoms with Gasteiger partial charge < -0.3 is 24.5 Å². The highest BCUT2D eigenvalue weighted by Gasteiger charge is 2.45. The van der Waals surface area contributed by atoms with E-state index >= 15 is 0 Å². The van der Waals surface area contributed by atoms with Gasteiger partial charge in [0.1, 0.15) is 5.58 Å². The van der Waals surface area contributed by atoms with Gasteiger partial charge in [-0.15, -0.1) is 0 Å². The van der Waals surface area contributed by atoms with Crippen LogP contribution < -0.4 is 5.32 Å². The fourth-order valence-electron chi connectivity index (χ4n) is 3.86. The third kappa shape index (κ3) is 2.83. The van der Waals surface area contributed by atoms with Crippen molar-refractivity contribution in [3.05, 3.63) is 36.1 Å². The van der Waals surface area contributed by atoms with Gasteiger partial charge in [0.2, 0.25) is 5.91 Å². The van der Waals surface area contributed by atoms with Gasteiger partial charge >= 0.3 is 7.12 Å². The first kappa shape index (κ1) is 15.7. The number of nitrogens with one attached hydrogen (secondary N) is 1. The Morgan fingerprint density at radius 3 is 2.88 bits per heavy atom. The molecule has 1 aromatic heterocycles. The number of fused-ring (bicyclic) bond motifs is 3. The molecule has 6 nitrogen and oxygen atoms in total. The molecular weight excluding hydrogens is 309 g/mol. The number of carbonyl (C=O) groups is 1. The molecule has 2 bridgehead atoms. The van der Waals surface area contributed by atoms with E-state index in [1.165, 1.54) is 0 Å². The molecule has 3 heterocycles. The molecule has 24 heavy (non-hydrogen) atoms. The molecule has 0 spiro atoms. The Morgan fingerprint density at radius 1 is 1.33 bits per heavy atom. The smallest absolute Gasteiger partial charge is 0.464 e. The van der Waals surface area contributed by atoms with Crippen molar-refractivity contribution in [2.24, 2.45) is 5.92 Å². The summed E-state index contributed by atoms with van der Waals surface area (Å²) >= 11 is 0. The normalized spacial score (nSPS) is 26.7. The van der Waals surface area contributed by atoms with E-state index < -0.39 is 13.1 Å². The quantitative estimate of drug-likeness (QED) is 0.713. The Morgan fingerprint density at radius 2 is 2.17 bits per heavy atom. The number of carbonyl (C=O) groups excluding carboxylic acids is 1. The summed E-state index contributed by atoms with van der Waals surface area (Å²) in [6.45, 7) is 0.